The highest BCUT2D eigenvalue weighted by atomic mass is 32.2. The van der Waals surface area contributed by atoms with Crippen LogP contribution in [0.1, 0.15) is 11.1 Å². The fraction of sp³-hybridized carbons (Fsp3) is 0.208. The molecule has 0 aliphatic heterocycles. The lowest BCUT2D eigenvalue weighted by molar-refractivity contribution is -0.114. The number of rotatable bonds is 8. The van der Waals surface area contributed by atoms with Crippen LogP contribution in [0, 0.1) is 13.8 Å². The highest BCUT2D eigenvalue weighted by Crippen LogP contribution is 2.33. The molecule has 7 nitrogen and oxygen atoms in total. The third kappa shape index (κ3) is 5.03. The van der Waals surface area contributed by atoms with Crippen LogP contribution in [0.5, 0.6) is 11.5 Å². The first-order chi connectivity index (χ1) is 15.3. The van der Waals surface area contributed by atoms with Gasteiger partial charge in [0.25, 0.3) is 10.0 Å². The molecule has 0 aliphatic carbocycles. The van der Waals surface area contributed by atoms with Crippen molar-refractivity contribution in [3.8, 4) is 11.5 Å². The average Bonchev–Trinajstić information content (AvgIpc) is 2.80. The quantitative estimate of drug-likeness (QED) is 0.553. The maximum atomic E-state index is 13.5. The molecule has 1 N–H and O–H groups in total. The molecule has 0 radical (unpaired) electrons. The molecule has 0 bridgehead atoms. The Morgan fingerprint density at radius 1 is 0.906 bits per heavy atom. The van der Waals surface area contributed by atoms with Gasteiger partial charge in [0.05, 0.1) is 24.8 Å². The van der Waals surface area contributed by atoms with Crippen molar-refractivity contribution in [2.24, 2.45) is 0 Å². The minimum absolute atomic E-state index is 0.0781. The van der Waals surface area contributed by atoms with Gasteiger partial charge < -0.3 is 14.8 Å². The lowest BCUT2D eigenvalue weighted by Crippen LogP contribution is -2.38. The van der Waals surface area contributed by atoms with Crippen LogP contribution >= 0.6 is 0 Å². The summed E-state index contributed by atoms with van der Waals surface area (Å²) in [6.07, 6.45) is 0. The molecule has 168 valence electrons. The van der Waals surface area contributed by atoms with E-state index in [1.54, 1.807) is 30.3 Å². The Hall–Kier alpha value is -3.52. The number of hydrogen-bond acceptors (Lipinski definition) is 5. The van der Waals surface area contributed by atoms with Gasteiger partial charge in [0.2, 0.25) is 5.91 Å². The molecule has 0 spiro atoms. The topological polar surface area (TPSA) is 84.9 Å². The number of nitrogens with zero attached hydrogens (tertiary/aromatic N) is 1. The number of carbonyl (C=O) groups is 1. The third-order valence-corrected chi connectivity index (χ3v) is 6.73. The van der Waals surface area contributed by atoms with Gasteiger partial charge in [-0.2, -0.15) is 0 Å². The van der Waals surface area contributed by atoms with Gasteiger partial charge in [-0.1, -0.05) is 30.3 Å². The van der Waals surface area contributed by atoms with Crippen LogP contribution in [-0.4, -0.2) is 35.1 Å². The van der Waals surface area contributed by atoms with Crippen molar-refractivity contribution in [1.29, 1.82) is 0 Å². The van der Waals surface area contributed by atoms with Crippen molar-refractivity contribution in [3.05, 3.63) is 77.9 Å². The van der Waals surface area contributed by atoms with Crippen LogP contribution in [0.15, 0.2) is 71.6 Å². The fourth-order valence-electron chi connectivity index (χ4n) is 3.21. The van der Waals surface area contributed by atoms with Gasteiger partial charge in [-0.15, -0.1) is 0 Å². The number of ether oxygens (including phenoxy) is 2. The number of sulfonamides is 1. The maximum absolute atomic E-state index is 13.5. The van der Waals surface area contributed by atoms with Crippen LogP contribution in [0.2, 0.25) is 0 Å². The van der Waals surface area contributed by atoms with Crippen LogP contribution in [0.25, 0.3) is 0 Å². The number of benzene rings is 3. The summed E-state index contributed by atoms with van der Waals surface area (Å²) in [5.74, 6) is 0.342. The molecular formula is C24H26N2O5S. The average molecular weight is 455 g/mol. The van der Waals surface area contributed by atoms with E-state index in [1.807, 2.05) is 32.0 Å². The number of hydrogen-bond donors (Lipinski definition) is 1. The second-order valence-corrected chi connectivity index (χ2v) is 9.09. The molecule has 8 heteroatoms. The molecule has 1 amide bonds. The smallest absolute Gasteiger partial charge is 0.264 e. The Labute approximate surface area is 188 Å². The van der Waals surface area contributed by atoms with E-state index in [9.17, 15) is 13.2 Å². The first kappa shape index (κ1) is 23.1. The monoisotopic (exact) mass is 454 g/mol. The second kappa shape index (κ2) is 9.74. The molecule has 0 atom stereocenters. The van der Waals surface area contributed by atoms with Gasteiger partial charge in [-0.25, -0.2) is 8.42 Å². The summed E-state index contributed by atoms with van der Waals surface area (Å²) in [5.41, 5.74) is 2.79. The number of aryl methyl sites for hydroxylation is 2. The fourth-order valence-corrected chi connectivity index (χ4v) is 4.64. The van der Waals surface area contributed by atoms with Crippen molar-refractivity contribution >= 4 is 27.3 Å². The highest BCUT2D eigenvalue weighted by Gasteiger charge is 2.28. The Kier molecular flexibility index (Phi) is 7.05. The van der Waals surface area contributed by atoms with E-state index in [4.69, 9.17) is 9.47 Å². The summed E-state index contributed by atoms with van der Waals surface area (Å²) >= 11 is 0. The molecule has 0 heterocycles. The van der Waals surface area contributed by atoms with Crippen molar-refractivity contribution < 1.29 is 22.7 Å². The molecule has 0 saturated carbocycles. The van der Waals surface area contributed by atoms with Gasteiger partial charge in [-0.05, 0) is 55.3 Å². The molecule has 3 aromatic carbocycles. The van der Waals surface area contributed by atoms with Crippen molar-refractivity contribution in [2.45, 2.75) is 18.7 Å². The molecule has 0 unspecified atom stereocenters. The summed E-state index contributed by atoms with van der Waals surface area (Å²) in [4.78, 5) is 13.0. The Balaban J connectivity index is 2.01. The standard InChI is InChI=1S/C24H26N2O5S/c1-17-10-11-18(2)21(14-17)25-24(27)16-26(32(28,29)20-8-6-5-7-9-20)19-12-13-22(30-3)23(15-19)31-4/h5-15H,16H2,1-4H3,(H,25,27). The lowest BCUT2D eigenvalue weighted by atomic mass is 10.1. The second-order valence-electron chi connectivity index (χ2n) is 7.23. The largest absolute Gasteiger partial charge is 0.493 e. The van der Waals surface area contributed by atoms with Gasteiger partial charge in [0.15, 0.2) is 11.5 Å². The van der Waals surface area contributed by atoms with Crippen LogP contribution in [0.4, 0.5) is 11.4 Å². The number of anilines is 2. The summed E-state index contributed by atoms with van der Waals surface area (Å²) < 4.78 is 38.6. The van der Waals surface area contributed by atoms with E-state index in [-0.39, 0.29) is 10.6 Å². The molecule has 0 aliphatic rings. The summed E-state index contributed by atoms with van der Waals surface area (Å²) in [5, 5.41) is 2.82. The first-order valence-electron chi connectivity index (χ1n) is 9.93. The molecule has 0 aromatic heterocycles. The predicted octanol–water partition coefficient (Wildman–Crippen LogP) is 4.15. The SMILES string of the molecule is COc1ccc(N(CC(=O)Nc2cc(C)ccc2C)S(=O)(=O)c2ccccc2)cc1OC. The van der Waals surface area contributed by atoms with E-state index in [2.05, 4.69) is 5.32 Å². The molecule has 32 heavy (non-hydrogen) atoms. The molecule has 3 aromatic rings. The van der Waals surface area contributed by atoms with Crippen molar-refractivity contribution in [2.75, 3.05) is 30.4 Å². The normalized spacial score (nSPS) is 11.0. The van der Waals surface area contributed by atoms with Crippen LogP contribution in [-0.2, 0) is 14.8 Å². The van der Waals surface area contributed by atoms with Crippen molar-refractivity contribution in [3.63, 3.8) is 0 Å². The zero-order valence-corrected chi connectivity index (χ0v) is 19.3. The number of methoxy groups -OCH3 is 2. The zero-order chi connectivity index (χ0) is 23.3. The van der Waals surface area contributed by atoms with E-state index >= 15 is 0 Å². The number of nitrogens with one attached hydrogen (secondary N) is 1. The van der Waals surface area contributed by atoms with Gasteiger partial charge in [0.1, 0.15) is 6.54 Å². The number of amides is 1. The van der Waals surface area contributed by atoms with E-state index < -0.39 is 22.5 Å². The van der Waals surface area contributed by atoms with E-state index in [0.29, 0.717) is 17.2 Å². The lowest BCUT2D eigenvalue weighted by Gasteiger charge is -2.25. The Bertz CT molecular complexity index is 1210. The molecule has 0 saturated heterocycles. The molecule has 3 rings (SSSR count). The van der Waals surface area contributed by atoms with Crippen molar-refractivity contribution in [1.82, 2.24) is 0 Å². The minimum atomic E-state index is -4.03. The summed E-state index contributed by atoms with van der Waals surface area (Å²) in [6.45, 7) is 3.38. The van der Waals surface area contributed by atoms with E-state index in [1.165, 1.54) is 32.4 Å². The van der Waals surface area contributed by atoms with Crippen LogP contribution < -0.4 is 19.1 Å². The third-order valence-electron chi connectivity index (χ3n) is 4.94. The van der Waals surface area contributed by atoms with Gasteiger partial charge >= 0.3 is 0 Å². The van der Waals surface area contributed by atoms with Gasteiger partial charge in [-0.3, -0.25) is 9.10 Å². The first-order valence-corrected chi connectivity index (χ1v) is 11.4. The Morgan fingerprint density at radius 3 is 2.25 bits per heavy atom. The highest BCUT2D eigenvalue weighted by molar-refractivity contribution is 7.92. The zero-order valence-electron chi connectivity index (χ0n) is 18.5. The molecular weight excluding hydrogens is 428 g/mol. The molecule has 0 fully saturated rings. The maximum Gasteiger partial charge on any atom is 0.264 e. The summed E-state index contributed by atoms with van der Waals surface area (Å²) in [6, 6.07) is 18.4. The van der Waals surface area contributed by atoms with Crippen LogP contribution in [0.3, 0.4) is 0 Å². The minimum Gasteiger partial charge on any atom is -0.493 e. The summed E-state index contributed by atoms with van der Waals surface area (Å²) in [7, 11) is -1.07. The van der Waals surface area contributed by atoms with E-state index in [0.717, 1.165) is 15.4 Å². The Morgan fingerprint density at radius 2 is 1.59 bits per heavy atom. The number of carbonyl (C=O) groups excluding carboxylic acids is 1. The van der Waals surface area contributed by atoms with Gasteiger partial charge in [0, 0.05) is 11.8 Å². The predicted molar refractivity (Wildman–Crippen MR) is 125 cm³/mol.